The second-order valence-corrected chi connectivity index (χ2v) is 13.9. The van der Waals surface area contributed by atoms with Crippen molar-refractivity contribution in [3.8, 4) is 0 Å². The number of unbranched alkanes of at least 4 members (excludes halogenated alkanes) is 9. The second kappa shape index (κ2) is 20.3. The third kappa shape index (κ3) is 12.3. The molecule has 0 bridgehead atoms. The molecule has 0 aliphatic heterocycles. The van der Waals surface area contributed by atoms with Crippen LogP contribution in [0.3, 0.4) is 0 Å². The maximum Gasteiger partial charge on any atom is 0.272 e. The van der Waals surface area contributed by atoms with E-state index < -0.39 is 11.8 Å². The molecule has 53 heavy (non-hydrogen) atoms. The minimum Gasteiger partial charge on any atom is -0.355 e. The highest BCUT2D eigenvalue weighted by molar-refractivity contribution is 9.09. The summed E-state index contributed by atoms with van der Waals surface area (Å²) in [5, 5.41) is 14.7. The quantitative estimate of drug-likeness (QED) is 0.0520. The largest absolute Gasteiger partial charge is 0.355 e. The first-order valence-electron chi connectivity index (χ1n) is 18.1. The van der Waals surface area contributed by atoms with E-state index in [2.05, 4.69) is 42.5 Å². The van der Waals surface area contributed by atoms with Crippen molar-refractivity contribution in [2.45, 2.75) is 64.2 Å². The molecule has 0 fully saturated rings. The molecule has 5 amide bonds. The van der Waals surface area contributed by atoms with Crippen LogP contribution >= 0.6 is 15.9 Å². The molecule has 286 valence electrons. The molecule has 0 aliphatic carbocycles. The predicted octanol–water partition coefficient (Wildman–Crippen LogP) is 5.94. The van der Waals surface area contributed by atoms with E-state index in [1.807, 2.05) is 0 Å². The Morgan fingerprint density at radius 2 is 0.887 bits per heavy atom. The Balaban J connectivity index is 1.15. The molecular weight excluding hydrogens is 742 g/mol. The minimum absolute atomic E-state index is 0.0411. The molecule has 0 saturated carbocycles. The van der Waals surface area contributed by atoms with Gasteiger partial charge in [0.2, 0.25) is 5.91 Å². The van der Waals surface area contributed by atoms with Crippen LogP contribution in [0.2, 0.25) is 0 Å². The van der Waals surface area contributed by atoms with E-state index in [-0.39, 0.29) is 17.7 Å². The zero-order valence-electron chi connectivity index (χ0n) is 31.1. The first-order valence-corrected chi connectivity index (χ1v) is 19.2. The SMILES string of the molecule is Cn1cc(NC(=O)c2cc(NC(=O)c3cc(NC(=O)c4cccn4C)cn3C)cn2C)cc1C(=O)NCCCCCCCCCCCCNC(=O)CBr. The van der Waals surface area contributed by atoms with Crippen molar-refractivity contribution < 1.29 is 24.0 Å². The van der Waals surface area contributed by atoms with Gasteiger partial charge >= 0.3 is 0 Å². The minimum atomic E-state index is -0.406. The molecule has 14 nitrogen and oxygen atoms in total. The third-order valence-electron chi connectivity index (χ3n) is 9.00. The molecule has 0 unspecified atom stereocenters. The Kier molecular flexibility index (Phi) is 15.6. The lowest BCUT2D eigenvalue weighted by Crippen LogP contribution is -2.26. The van der Waals surface area contributed by atoms with E-state index in [1.54, 1.807) is 102 Å². The van der Waals surface area contributed by atoms with Gasteiger partial charge in [0, 0.05) is 66.1 Å². The standard InChI is InChI=1S/C38H52BrN9O5/c1-45-19-15-16-30(45)36(51)42-28-21-32(47(3)25-28)38(53)44-29-22-33(48(4)26-29)37(52)43-27-20-31(46(2)24-27)35(50)41-18-14-12-10-8-6-5-7-9-11-13-17-40-34(49)23-39/h15-16,19-22,24-26H,5-14,17-18,23H2,1-4H3,(H,40,49)(H,41,50)(H,42,51)(H,43,52)(H,44,53). The number of amides is 5. The van der Waals surface area contributed by atoms with Crippen molar-refractivity contribution in [3.05, 3.63) is 77.9 Å². The van der Waals surface area contributed by atoms with E-state index in [0.29, 0.717) is 51.7 Å². The van der Waals surface area contributed by atoms with Gasteiger partial charge in [-0.3, -0.25) is 24.0 Å². The van der Waals surface area contributed by atoms with Crippen LogP contribution in [0.1, 0.15) is 106 Å². The van der Waals surface area contributed by atoms with Crippen LogP contribution in [0.25, 0.3) is 0 Å². The average molecular weight is 795 g/mol. The molecule has 0 aliphatic rings. The first-order chi connectivity index (χ1) is 25.5. The molecule has 0 radical (unpaired) electrons. The van der Waals surface area contributed by atoms with Gasteiger partial charge in [0.1, 0.15) is 22.8 Å². The van der Waals surface area contributed by atoms with Gasteiger partial charge in [0.25, 0.3) is 23.6 Å². The van der Waals surface area contributed by atoms with E-state index in [1.165, 1.54) is 32.1 Å². The molecule has 4 aromatic heterocycles. The summed E-state index contributed by atoms with van der Waals surface area (Å²) >= 11 is 3.15. The Morgan fingerprint density at radius 1 is 0.509 bits per heavy atom. The number of nitrogens with one attached hydrogen (secondary N) is 5. The summed E-state index contributed by atoms with van der Waals surface area (Å²) in [5.41, 5.74) is 2.93. The lowest BCUT2D eigenvalue weighted by atomic mass is 10.1. The Morgan fingerprint density at radius 3 is 1.28 bits per heavy atom. The molecule has 5 N–H and O–H groups in total. The van der Waals surface area contributed by atoms with Crippen molar-refractivity contribution in [2.24, 2.45) is 28.2 Å². The normalized spacial score (nSPS) is 11.0. The number of alkyl halides is 1. The maximum atomic E-state index is 13.2. The van der Waals surface area contributed by atoms with Crippen LogP contribution < -0.4 is 26.6 Å². The highest BCUT2D eigenvalue weighted by Crippen LogP contribution is 2.20. The van der Waals surface area contributed by atoms with Gasteiger partial charge in [-0.25, -0.2) is 0 Å². The Hall–Kier alpha value is -5.05. The van der Waals surface area contributed by atoms with Crippen molar-refractivity contribution in [1.29, 1.82) is 0 Å². The van der Waals surface area contributed by atoms with E-state index in [9.17, 15) is 24.0 Å². The number of nitrogens with zero attached hydrogens (tertiary/aromatic N) is 4. The number of rotatable bonds is 21. The van der Waals surface area contributed by atoms with E-state index in [4.69, 9.17) is 0 Å². The van der Waals surface area contributed by atoms with Crippen molar-refractivity contribution >= 4 is 62.5 Å². The zero-order chi connectivity index (χ0) is 38.3. The molecule has 4 heterocycles. The molecular formula is C38H52BrN9O5. The molecule has 15 heteroatoms. The fourth-order valence-electron chi connectivity index (χ4n) is 6.09. The topological polar surface area (TPSA) is 165 Å². The number of hydrogen-bond acceptors (Lipinski definition) is 5. The summed E-state index contributed by atoms with van der Waals surface area (Å²) in [5.74, 6) is -1.25. The molecule has 0 aromatic carbocycles. The van der Waals surface area contributed by atoms with Crippen molar-refractivity contribution in [1.82, 2.24) is 28.9 Å². The van der Waals surface area contributed by atoms with Gasteiger partial charge in [-0.15, -0.1) is 0 Å². The summed E-state index contributed by atoms with van der Waals surface area (Å²) in [6, 6.07) is 8.28. The maximum absolute atomic E-state index is 13.2. The molecule has 0 atom stereocenters. The molecule has 0 saturated heterocycles. The van der Waals surface area contributed by atoms with Crippen molar-refractivity contribution in [3.63, 3.8) is 0 Å². The fourth-order valence-corrected chi connectivity index (χ4v) is 6.29. The number of carbonyl (C=O) groups is 5. The molecule has 0 spiro atoms. The number of carbonyl (C=O) groups excluding carboxylic acids is 5. The smallest absolute Gasteiger partial charge is 0.272 e. The van der Waals surface area contributed by atoms with Crippen LogP contribution in [0.15, 0.2) is 55.1 Å². The lowest BCUT2D eigenvalue weighted by Gasteiger charge is -2.06. The number of halogens is 1. The molecule has 4 rings (SSSR count). The number of aromatic nitrogens is 4. The van der Waals surface area contributed by atoms with E-state index >= 15 is 0 Å². The van der Waals surface area contributed by atoms with Gasteiger partial charge < -0.3 is 44.9 Å². The number of anilines is 3. The second-order valence-electron chi connectivity index (χ2n) is 13.3. The van der Waals surface area contributed by atoms with Gasteiger partial charge in [-0.2, -0.15) is 0 Å². The van der Waals surface area contributed by atoms with Gasteiger partial charge in [0.15, 0.2) is 0 Å². The average Bonchev–Trinajstić information content (AvgIpc) is 3.90. The fraction of sp³-hybridized carbons (Fsp3) is 0.447. The van der Waals surface area contributed by atoms with Crippen LogP contribution in [0.5, 0.6) is 0 Å². The summed E-state index contributed by atoms with van der Waals surface area (Å²) in [4.78, 5) is 63.0. The summed E-state index contributed by atoms with van der Waals surface area (Å²) in [6.45, 7) is 1.34. The highest BCUT2D eigenvalue weighted by Gasteiger charge is 2.19. The Labute approximate surface area is 319 Å². The van der Waals surface area contributed by atoms with Crippen LogP contribution in [0, 0.1) is 0 Å². The van der Waals surface area contributed by atoms with Crippen LogP contribution in [-0.2, 0) is 33.0 Å². The van der Waals surface area contributed by atoms with Gasteiger partial charge in [0.05, 0.1) is 22.4 Å². The van der Waals surface area contributed by atoms with Crippen LogP contribution in [-0.4, -0.2) is 66.2 Å². The summed E-state index contributed by atoms with van der Waals surface area (Å²) in [7, 11) is 6.94. The van der Waals surface area contributed by atoms with Gasteiger partial charge in [-0.05, 0) is 43.2 Å². The number of hydrogen-bond donors (Lipinski definition) is 5. The molecule has 4 aromatic rings. The Bertz CT molecular complexity index is 1870. The lowest BCUT2D eigenvalue weighted by molar-refractivity contribution is -0.118. The predicted molar refractivity (Wildman–Crippen MR) is 211 cm³/mol. The zero-order valence-corrected chi connectivity index (χ0v) is 32.7. The third-order valence-corrected chi connectivity index (χ3v) is 9.50. The highest BCUT2D eigenvalue weighted by atomic mass is 79.9. The first kappa shape index (κ1) is 40.7. The summed E-state index contributed by atoms with van der Waals surface area (Å²) < 4.78 is 6.60. The van der Waals surface area contributed by atoms with Crippen LogP contribution in [0.4, 0.5) is 17.1 Å². The summed E-state index contributed by atoms with van der Waals surface area (Å²) in [6.07, 6.45) is 18.1. The van der Waals surface area contributed by atoms with E-state index in [0.717, 1.165) is 38.6 Å². The number of aryl methyl sites for hydroxylation is 4. The van der Waals surface area contributed by atoms with Gasteiger partial charge in [-0.1, -0.05) is 67.3 Å². The monoisotopic (exact) mass is 793 g/mol. The van der Waals surface area contributed by atoms with Crippen molar-refractivity contribution in [2.75, 3.05) is 34.4 Å².